The highest BCUT2D eigenvalue weighted by atomic mass is 32.2. The van der Waals surface area contributed by atoms with Crippen molar-refractivity contribution >= 4 is 10.0 Å². The van der Waals surface area contributed by atoms with E-state index >= 15 is 0 Å². The average molecular weight is 310 g/mol. The van der Waals surface area contributed by atoms with Gasteiger partial charge in [-0.15, -0.1) is 0 Å². The molecule has 0 aliphatic rings. The summed E-state index contributed by atoms with van der Waals surface area (Å²) in [4.78, 5) is -0.155. The second kappa shape index (κ2) is 7.19. The number of hydrogen-bond acceptors (Lipinski definition) is 4. The second-order valence-electron chi connectivity index (χ2n) is 4.42. The van der Waals surface area contributed by atoms with E-state index in [0.717, 1.165) is 22.5 Å². The summed E-state index contributed by atoms with van der Waals surface area (Å²) in [6, 6.07) is 5.10. The molecule has 5 nitrogen and oxygen atoms in total. The number of nitriles is 1. The highest BCUT2D eigenvalue weighted by Crippen LogP contribution is 2.20. The molecule has 0 saturated carbocycles. The Morgan fingerprint density at radius 2 is 2.14 bits per heavy atom. The second-order valence-corrected chi connectivity index (χ2v) is 6.43. The summed E-state index contributed by atoms with van der Waals surface area (Å²) in [5.74, 6) is 3.62. The summed E-state index contributed by atoms with van der Waals surface area (Å²) in [5.41, 5.74) is -0.0273. The van der Waals surface area contributed by atoms with Crippen LogP contribution in [0.4, 0.5) is 4.39 Å². The number of halogens is 1. The van der Waals surface area contributed by atoms with E-state index in [4.69, 9.17) is 10.4 Å². The predicted molar refractivity (Wildman–Crippen MR) is 75.0 cm³/mol. The number of sulfonamides is 1. The van der Waals surface area contributed by atoms with Crippen LogP contribution in [-0.2, 0) is 10.0 Å². The van der Waals surface area contributed by atoms with Crippen LogP contribution in [0.1, 0.15) is 12.5 Å². The van der Waals surface area contributed by atoms with Gasteiger partial charge in [-0.1, -0.05) is 11.8 Å². The van der Waals surface area contributed by atoms with Gasteiger partial charge in [0.1, 0.15) is 12.4 Å². The fourth-order valence-corrected chi connectivity index (χ4v) is 3.04. The van der Waals surface area contributed by atoms with Crippen molar-refractivity contribution in [3.05, 3.63) is 29.6 Å². The van der Waals surface area contributed by atoms with Gasteiger partial charge in [-0.05, 0) is 25.1 Å². The normalized spacial score (nSPS) is 12.4. The Balaban J connectivity index is 3.28. The predicted octanol–water partition coefficient (Wildman–Crippen LogP) is 0.950. The van der Waals surface area contributed by atoms with Crippen LogP contribution in [0.15, 0.2) is 23.1 Å². The SMILES string of the molecule is CC(C#N)CN(C)S(=O)(=O)c1ccc(F)cc1C#CCO. The lowest BCUT2D eigenvalue weighted by Gasteiger charge is -2.19. The zero-order valence-electron chi connectivity index (χ0n) is 11.7. The number of benzene rings is 1. The third-order valence-electron chi connectivity index (χ3n) is 2.68. The van der Waals surface area contributed by atoms with Crippen LogP contribution in [0.5, 0.6) is 0 Å². The molecule has 7 heteroatoms. The van der Waals surface area contributed by atoms with Gasteiger partial charge in [-0.2, -0.15) is 9.57 Å². The van der Waals surface area contributed by atoms with Crippen LogP contribution in [-0.4, -0.2) is 38.0 Å². The minimum atomic E-state index is -3.89. The lowest BCUT2D eigenvalue weighted by Crippen LogP contribution is -2.31. The van der Waals surface area contributed by atoms with Crippen molar-refractivity contribution in [3.63, 3.8) is 0 Å². The van der Waals surface area contributed by atoms with Crippen molar-refractivity contribution in [3.8, 4) is 17.9 Å². The highest BCUT2D eigenvalue weighted by molar-refractivity contribution is 7.89. The van der Waals surface area contributed by atoms with Crippen LogP contribution in [0, 0.1) is 34.9 Å². The first kappa shape index (κ1) is 17.1. The molecule has 0 heterocycles. The zero-order chi connectivity index (χ0) is 16.0. The summed E-state index contributed by atoms with van der Waals surface area (Å²) in [5, 5.41) is 17.4. The quantitative estimate of drug-likeness (QED) is 0.840. The van der Waals surface area contributed by atoms with Crippen molar-refractivity contribution < 1.29 is 17.9 Å². The number of nitrogens with zero attached hydrogens (tertiary/aromatic N) is 2. The van der Waals surface area contributed by atoms with Gasteiger partial charge < -0.3 is 5.11 Å². The lowest BCUT2D eigenvalue weighted by molar-refractivity contribution is 0.350. The van der Waals surface area contributed by atoms with E-state index < -0.39 is 28.4 Å². The van der Waals surface area contributed by atoms with Crippen LogP contribution in [0.25, 0.3) is 0 Å². The van der Waals surface area contributed by atoms with E-state index in [1.165, 1.54) is 7.05 Å². The molecular weight excluding hydrogens is 295 g/mol. The standard InChI is InChI=1S/C14H15FN2O3S/c1-11(9-16)10-17(2)21(19,20)14-6-5-13(15)8-12(14)4-3-7-18/h5-6,8,11,18H,7,10H2,1-2H3. The van der Waals surface area contributed by atoms with Crippen molar-refractivity contribution in [2.45, 2.75) is 11.8 Å². The van der Waals surface area contributed by atoms with Gasteiger partial charge in [0.15, 0.2) is 0 Å². The van der Waals surface area contributed by atoms with Crippen molar-refractivity contribution in [1.29, 1.82) is 5.26 Å². The molecule has 0 aromatic heterocycles. The molecule has 0 saturated heterocycles. The van der Waals surface area contributed by atoms with Crippen molar-refractivity contribution in [2.75, 3.05) is 20.2 Å². The number of hydrogen-bond donors (Lipinski definition) is 1. The van der Waals surface area contributed by atoms with Gasteiger partial charge in [0.05, 0.1) is 16.9 Å². The van der Waals surface area contributed by atoms with E-state index in [0.29, 0.717) is 0 Å². The van der Waals surface area contributed by atoms with E-state index in [1.54, 1.807) is 6.92 Å². The summed E-state index contributed by atoms with van der Waals surface area (Å²) in [6.07, 6.45) is 0. The maximum Gasteiger partial charge on any atom is 0.244 e. The zero-order valence-corrected chi connectivity index (χ0v) is 12.5. The van der Waals surface area contributed by atoms with Gasteiger partial charge in [-0.3, -0.25) is 0 Å². The molecule has 112 valence electrons. The first-order chi connectivity index (χ1) is 9.82. The molecule has 1 N–H and O–H groups in total. The Bertz CT molecular complexity index is 714. The van der Waals surface area contributed by atoms with Gasteiger partial charge in [0, 0.05) is 19.2 Å². The largest absolute Gasteiger partial charge is 0.384 e. The summed E-state index contributed by atoms with van der Waals surface area (Å²) in [7, 11) is -2.55. The molecule has 0 aliphatic carbocycles. The van der Waals surface area contributed by atoms with Crippen molar-refractivity contribution in [2.24, 2.45) is 5.92 Å². The molecule has 0 aliphatic heterocycles. The summed E-state index contributed by atoms with van der Waals surface area (Å²) >= 11 is 0. The van der Waals surface area contributed by atoms with Crippen LogP contribution >= 0.6 is 0 Å². The first-order valence-corrected chi connectivity index (χ1v) is 7.52. The molecule has 0 fully saturated rings. The van der Waals surface area contributed by atoms with Gasteiger partial charge in [-0.25, -0.2) is 12.8 Å². The molecule has 21 heavy (non-hydrogen) atoms. The van der Waals surface area contributed by atoms with Gasteiger partial charge in [0.2, 0.25) is 10.0 Å². The number of aliphatic hydroxyl groups excluding tert-OH is 1. The molecule has 1 aromatic carbocycles. The Hall–Kier alpha value is -1.93. The molecule has 0 bridgehead atoms. The van der Waals surface area contributed by atoms with E-state index in [-0.39, 0.29) is 17.0 Å². The van der Waals surface area contributed by atoms with Crippen LogP contribution in [0.3, 0.4) is 0 Å². The minimum absolute atomic E-state index is 0.0169. The molecule has 0 spiro atoms. The molecule has 1 aromatic rings. The Morgan fingerprint density at radius 1 is 1.48 bits per heavy atom. The Kier molecular flexibility index (Phi) is 5.86. The molecule has 0 radical (unpaired) electrons. The molecule has 0 amide bonds. The third kappa shape index (κ3) is 4.27. The average Bonchev–Trinajstić information content (AvgIpc) is 2.44. The topological polar surface area (TPSA) is 81.4 Å². The van der Waals surface area contributed by atoms with E-state index in [9.17, 15) is 12.8 Å². The molecule has 1 atom stereocenters. The number of aliphatic hydroxyl groups is 1. The minimum Gasteiger partial charge on any atom is -0.384 e. The lowest BCUT2D eigenvalue weighted by atomic mass is 10.2. The van der Waals surface area contributed by atoms with Crippen LogP contribution in [0.2, 0.25) is 0 Å². The Labute approximate surface area is 123 Å². The monoisotopic (exact) mass is 310 g/mol. The smallest absolute Gasteiger partial charge is 0.244 e. The molecule has 1 unspecified atom stereocenters. The fraction of sp³-hybridized carbons (Fsp3) is 0.357. The molecular formula is C14H15FN2O3S. The van der Waals surface area contributed by atoms with Gasteiger partial charge >= 0.3 is 0 Å². The van der Waals surface area contributed by atoms with E-state index in [2.05, 4.69) is 11.8 Å². The Morgan fingerprint density at radius 3 is 2.71 bits per heavy atom. The van der Waals surface area contributed by atoms with E-state index in [1.807, 2.05) is 6.07 Å². The maximum absolute atomic E-state index is 13.2. The number of rotatable bonds is 4. The van der Waals surface area contributed by atoms with Crippen LogP contribution < -0.4 is 0 Å². The fourth-order valence-electron chi connectivity index (χ4n) is 1.65. The third-order valence-corrected chi connectivity index (χ3v) is 4.56. The summed E-state index contributed by atoms with van der Waals surface area (Å²) < 4.78 is 39.2. The maximum atomic E-state index is 13.2. The highest BCUT2D eigenvalue weighted by Gasteiger charge is 2.25. The first-order valence-electron chi connectivity index (χ1n) is 6.08. The summed E-state index contributed by atoms with van der Waals surface area (Å²) in [6.45, 7) is 1.16. The van der Waals surface area contributed by atoms with Crippen molar-refractivity contribution in [1.82, 2.24) is 4.31 Å². The van der Waals surface area contributed by atoms with Gasteiger partial charge in [0.25, 0.3) is 0 Å². The molecule has 1 rings (SSSR count).